The summed E-state index contributed by atoms with van der Waals surface area (Å²) in [6.07, 6.45) is 3.08. The number of hydrogen-bond donors (Lipinski definition) is 0. The third-order valence-corrected chi connectivity index (χ3v) is 5.70. The van der Waals surface area contributed by atoms with Gasteiger partial charge in [-0.15, -0.1) is 0 Å². The molecule has 33 heavy (non-hydrogen) atoms. The maximum atomic E-state index is 11.4. The van der Waals surface area contributed by atoms with Gasteiger partial charge in [0.05, 0.1) is 16.4 Å². The van der Waals surface area contributed by atoms with Crippen LogP contribution in [0.4, 0.5) is 0 Å². The van der Waals surface area contributed by atoms with Crippen molar-refractivity contribution in [3.63, 3.8) is 0 Å². The van der Waals surface area contributed by atoms with Gasteiger partial charge in [0.2, 0.25) is 0 Å². The molecule has 0 radical (unpaired) electrons. The molecule has 0 saturated heterocycles. The number of rotatable bonds is 7. The van der Waals surface area contributed by atoms with E-state index in [1.165, 1.54) is 6.92 Å². The molecule has 0 aliphatic heterocycles. The van der Waals surface area contributed by atoms with Crippen LogP contribution in [0.1, 0.15) is 56.3 Å². The maximum absolute atomic E-state index is 11.4. The number of aromatic nitrogens is 2. The van der Waals surface area contributed by atoms with Gasteiger partial charge >= 0.3 is 5.97 Å². The van der Waals surface area contributed by atoms with Crippen molar-refractivity contribution in [3.8, 4) is 5.75 Å². The highest BCUT2D eigenvalue weighted by molar-refractivity contribution is 6.31. The smallest absolute Gasteiger partial charge is 0.303 e. The van der Waals surface area contributed by atoms with Gasteiger partial charge in [-0.1, -0.05) is 29.8 Å². The van der Waals surface area contributed by atoms with Gasteiger partial charge in [0.25, 0.3) is 0 Å². The molecule has 0 amide bonds. The van der Waals surface area contributed by atoms with Crippen LogP contribution < -0.4 is 4.74 Å². The van der Waals surface area contributed by atoms with Gasteiger partial charge in [-0.3, -0.25) is 14.8 Å². The Balaban J connectivity index is 2.04. The van der Waals surface area contributed by atoms with E-state index in [0.717, 1.165) is 33.4 Å². The van der Waals surface area contributed by atoms with Crippen molar-refractivity contribution < 1.29 is 14.3 Å². The average molecular weight is 466 g/mol. The summed E-state index contributed by atoms with van der Waals surface area (Å²) in [6, 6.07) is 9.56. The van der Waals surface area contributed by atoms with Crippen molar-refractivity contribution in [2.24, 2.45) is 4.99 Å². The Bertz CT molecular complexity index is 1250. The number of carbonyl (C=O) groups is 1. The van der Waals surface area contributed by atoms with E-state index in [1.54, 1.807) is 26.2 Å². The number of carbonyl (C=O) groups excluding carboxylic acids is 1. The lowest BCUT2D eigenvalue weighted by atomic mass is 9.98. The summed E-state index contributed by atoms with van der Waals surface area (Å²) < 4.78 is 11.5. The van der Waals surface area contributed by atoms with E-state index in [-0.39, 0.29) is 12.6 Å². The predicted octanol–water partition coefficient (Wildman–Crippen LogP) is 6.18. The highest BCUT2D eigenvalue weighted by Crippen LogP contribution is 2.31. The summed E-state index contributed by atoms with van der Waals surface area (Å²) in [5.41, 5.74) is 5.84. The van der Waals surface area contributed by atoms with Crippen molar-refractivity contribution in [1.29, 1.82) is 0 Å². The van der Waals surface area contributed by atoms with Gasteiger partial charge in [-0.05, 0) is 51.5 Å². The normalized spacial score (nSPS) is 13.2. The first-order valence-corrected chi connectivity index (χ1v) is 11.1. The molecule has 0 aliphatic carbocycles. The van der Waals surface area contributed by atoms with Crippen molar-refractivity contribution in [3.05, 3.63) is 75.7 Å². The standard InChI is InChI=1S/C26H28ClN3O3/c1-7-15(2)24(28-6)20-13-16(3)30-26-19(20)9-8-10-23(26)32-14-21-22(27)11-12-29-25(21)17(4)33-18(5)31/h7-13,17H,14H2,1-6H3/b15-7-,28-24+. The van der Waals surface area contributed by atoms with Gasteiger partial charge in [0.15, 0.2) is 0 Å². The summed E-state index contributed by atoms with van der Waals surface area (Å²) in [5, 5.41) is 1.44. The van der Waals surface area contributed by atoms with Gasteiger partial charge in [0, 0.05) is 42.4 Å². The summed E-state index contributed by atoms with van der Waals surface area (Å²) >= 11 is 6.46. The van der Waals surface area contributed by atoms with E-state index in [0.29, 0.717) is 22.0 Å². The fourth-order valence-electron chi connectivity index (χ4n) is 3.74. The van der Waals surface area contributed by atoms with Crippen molar-refractivity contribution in [2.45, 2.75) is 47.3 Å². The summed E-state index contributed by atoms with van der Waals surface area (Å²) in [6.45, 7) is 9.27. The predicted molar refractivity (Wildman–Crippen MR) is 132 cm³/mol. The van der Waals surface area contributed by atoms with E-state index >= 15 is 0 Å². The first-order valence-electron chi connectivity index (χ1n) is 10.7. The third-order valence-electron chi connectivity index (χ3n) is 5.35. The van der Waals surface area contributed by atoms with Crippen LogP contribution in [0, 0.1) is 6.92 Å². The van der Waals surface area contributed by atoms with Crippen LogP contribution in [0.15, 0.2) is 53.2 Å². The molecule has 1 atom stereocenters. The van der Waals surface area contributed by atoms with Crippen LogP contribution in [-0.4, -0.2) is 28.7 Å². The first-order chi connectivity index (χ1) is 15.8. The van der Waals surface area contributed by atoms with Crippen LogP contribution in [0.25, 0.3) is 10.9 Å². The van der Waals surface area contributed by atoms with E-state index in [1.807, 2.05) is 51.1 Å². The number of pyridine rings is 2. The highest BCUT2D eigenvalue weighted by atomic mass is 35.5. The second-order valence-electron chi connectivity index (χ2n) is 7.70. The summed E-state index contributed by atoms with van der Waals surface area (Å²) in [5.74, 6) is 0.235. The van der Waals surface area contributed by atoms with E-state index in [9.17, 15) is 4.79 Å². The Morgan fingerprint density at radius 2 is 2.03 bits per heavy atom. The van der Waals surface area contributed by atoms with Crippen molar-refractivity contribution in [1.82, 2.24) is 9.97 Å². The second kappa shape index (κ2) is 10.6. The average Bonchev–Trinajstić information content (AvgIpc) is 2.78. The number of esters is 1. The van der Waals surface area contributed by atoms with Gasteiger partial charge in [-0.25, -0.2) is 4.98 Å². The molecule has 0 fully saturated rings. The highest BCUT2D eigenvalue weighted by Gasteiger charge is 2.19. The molecule has 1 unspecified atom stereocenters. The van der Waals surface area contributed by atoms with E-state index in [2.05, 4.69) is 9.98 Å². The number of hydrogen-bond acceptors (Lipinski definition) is 6. The van der Waals surface area contributed by atoms with Gasteiger partial charge in [0.1, 0.15) is 24.0 Å². The molecule has 0 saturated carbocycles. The Hall–Kier alpha value is -3.25. The molecule has 0 N–H and O–H groups in total. The second-order valence-corrected chi connectivity index (χ2v) is 8.11. The summed E-state index contributed by atoms with van der Waals surface area (Å²) in [4.78, 5) is 25.1. The Kier molecular flexibility index (Phi) is 7.82. The zero-order valence-corrected chi connectivity index (χ0v) is 20.5. The zero-order valence-electron chi connectivity index (χ0n) is 19.8. The quantitative estimate of drug-likeness (QED) is 0.307. The van der Waals surface area contributed by atoms with Crippen molar-refractivity contribution in [2.75, 3.05) is 7.05 Å². The lowest BCUT2D eigenvalue weighted by molar-refractivity contribution is -0.146. The lowest BCUT2D eigenvalue weighted by Crippen LogP contribution is -2.11. The fraction of sp³-hybridized carbons (Fsp3) is 0.308. The molecule has 7 heteroatoms. The third kappa shape index (κ3) is 5.40. The largest absolute Gasteiger partial charge is 0.486 e. The van der Waals surface area contributed by atoms with Crippen LogP contribution in [0.3, 0.4) is 0 Å². The Morgan fingerprint density at radius 1 is 1.27 bits per heavy atom. The molecule has 0 aliphatic rings. The number of para-hydroxylation sites is 1. The molecule has 2 heterocycles. The van der Waals surface area contributed by atoms with Crippen LogP contribution >= 0.6 is 11.6 Å². The number of aryl methyl sites for hydroxylation is 1. The number of ether oxygens (including phenoxy) is 2. The van der Waals surface area contributed by atoms with Crippen LogP contribution in [-0.2, 0) is 16.1 Å². The molecular formula is C26H28ClN3O3. The Morgan fingerprint density at radius 3 is 2.70 bits per heavy atom. The topological polar surface area (TPSA) is 73.7 Å². The van der Waals surface area contributed by atoms with Crippen molar-refractivity contribution >= 4 is 34.2 Å². The zero-order chi connectivity index (χ0) is 24.1. The number of aliphatic imine (C=N–C) groups is 1. The molecule has 3 aromatic rings. The first kappa shape index (κ1) is 24.4. The summed E-state index contributed by atoms with van der Waals surface area (Å²) in [7, 11) is 1.79. The van der Waals surface area contributed by atoms with E-state index in [4.69, 9.17) is 26.1 Å². The van der Waals surface area contributed by atoms with Crippen LogP contribution in [0.5, 0.6) is 5.75 Å². The minimum Gasteiger partial charge on any atom is -0.486 e. The molecule has 2 aromatic heterocycles. The molecule has 0 spiro atoms. The monoisotopic (exact) mass is 465 g/mol. The lowest BCUT2D eigenvalue weighted by Gasteiger charge is -2.18. The molecule has 6 nitrogen and oxygen atoms in total. The molecule has 172 valence electrons. The number of benzene rings is 1. The molecule has 3 rings (SSSR count). The SMILES string of the molecule is C/C=C(C)\C(=N/C)c1cc(C)nc2c(OCc3c(Cl)ccnc3C(C)OC(C)=O)cccc12. The van der Waals surface area contributed by atoms with Gasteiger partial charge in [-0.2, -0.15) is 0 Å². The van der Waals surface area contributed by atoms with E-state index < -0.39 is 6.10 Å². The number of allylic oxidation sites excluding steroid dienone is 2. The Labute approximate surface area is 199 Å². The van der Waals surface area contributed by atoms with Crippen LogP contribution in [0.2, 0.25) is 5.02 Å². The minimum absolute atomic E-state index is 0.153. The molecular weight excluding hydrogens is 438 g/mol. The minimum atomic E-state index is -0.550. The number of nitrogens with zero attached hydrogens (tertiary/aromatic N) is 3. The maximum Gasteiger partial charge on any atom is 0.303 e. The van der Waals surface area contributed by atoms with Gasteiger partial charge < -0.3 is 9.47 Å². The molecule has 0 bridgehead atoms. The number of fused-ring (bicyclic) bond motifs is 1. The number of halogens is 1. The molecule has 1 aromatic carbocycles. The fourth-order valence-corrected chi connectivity index (χ4v) is 3.95.